The minimum absolute atomic E-state index is 0.130. The summed E-state index contributed by atoms with van der Waals surface area (Å²) in [7, 11) is 0. The molecule has 0 spiro atoms. The molecular weight excluding hydrogens is 338 g/mol. The summed E-state index contributed by atoms with van der Waals surface area (Å²) in [6, 6.07) is 18.1. The Balaban J connectivity index is 1.55. The summed E-state index contributed by atoms with van der Waals surface area (Å²) in [6.07, 6.45) is 1.22. The van der Waals surface area contributed by atoms with Gasteiger partial charge in [-0.3, -0.25) is 4.79 Å². The van der Waals surface area contributed by atoms with Crippen molar-refractivity contribution in [3.63, 3.8) is 0 Å². The maximum atomic E-state index is 12.4. The lowest BCUT2D eigenvalue weighted by Gasteiger charge is -2.22. The van der Waals surface area contributed by atoms with E-state index in [4.69, 9.17) is 4.52 Å². The molecule has 0 aliphatic carbocycles. The van der Waals surface area contributed by atoms with Crippen LogP contribution in [0, 0.1) is 0 Å². The highest BCUT2D eigenvalue weighted by atomic mass is 16.5. The number of hydrogen-bond donors (Lipinski definition) is 0. The number of amides is 1. The predicted octanol–water partition coefficient (Wildman–Crippen LogP) is 4.72. The number of benzene rings is 2. The van der Waals surface area contributed by atoms with Crippen LogP contribution in [-0.4, -0.2) is 20.9 Å². The molecule has 0 N–H and O–H groups in total. The van der Waals surface area contributed by atoms with Gasteiger partial charge < -0.3 is 9.42 Å². The molecule has 0 saturated carbocycles. The summed E-state index contributed by atoms with van der Waals surface area (Å²) in [5, 5.41) is 4.15. The average Bonchev–Trinajstić information content (AvgIpc) is 3.30. The Morgan fingerprint density at radius 1 is 1.11 bits per heavy atom. The van der Waals surface area contributed by atoms with Gasteiger partial charge in [0.1, 0.15) is 6.04 Å². The van der Waals surface area contributed by atoms with Gasteiger partial charge in [0.05, 0.1) is 0 Å². The van der Waals surface area contributed by atoms with Crippen molar-refractivity contribution >= 4 is 5.91 Å². The van der Waals surface area contributed by atoms with E-state index in [2.05, 4.69) is 36.1 Å². The molecule has 1 aromatic heterocycles. The van der Waals surface area contributed by atoms with Crippen LogP contribution in [-0.2, 0) is 11.3 Å². The van der Waals surface area contributed by atoms with Crippen LogP contribution >= 0.6 is 0 Å². The van der Waals surface area contributed by atoms with E-state index in [-0.39, 0.29) is 11.9 Å². The van der Waals surface area contributed by atoms with Crippen molar-refractivity contribution < 1.29 is 9.32 Å². The SMILES string of the molecule is CC(C)c1ccc(-c2noc(C3CCC(=O)N3Cc3ccccc3)n2)cc1. The second-order valence-electron chi connectivity index (χ2n) is 7.29. The maximum absolute atomic E-state index is 12.4. The second-order valence-corrected chi connectivity index (χ2v) is 7.29. The molecule has 27 heavy (non-hydrogen) atoms. The number of hydrogen-bond acceptors (Lipinski definition) is 4. The molecule has 0 bridgehead atoms. The van der Waals surface area contributed by atoms with Gasteiger partial charge in [0, 0.05) is 18.5 Å². The van der Waals surface area contributed by atoms with Crippen LogP contribution in [0.1, 0.15) is 55.7 Å². The maximum Gasteiger partial charge on any atom is 0.249 e. The molecule has 1 amide bonds. The summed E-state index contributed by atoms with van der Waals surface area (Å²) in [5.74, 6) is 1.69. The van der Waals surface area contributed by atoms with Crippen LogP contribution in [0.2, 0.25) is 0 Å². The summed E-state index contributed by atoms with van der Waals surface area (Å²) >= 11 is 0. The fourth-order valence-corrected chi connectivity index (χ4v) is 3.47. The van der Waals surface area contributed by atoms with Crippen LogP contribution in [0.5, 0.6) is 0 Å². The largest absolute Gasteiger partial charge is 0.337 e. The van der Waals surface area contributed by atoms with Crippen LogP contribution in [0.3, 0.4) is 0 Å². The predicted molar refractivity (Wildman–Crippen MR) is 103 cm³/mol. The molecular formula is C22H23N3O2. The molecule has 4 rings (SSSR count). The first-order valence-electron chi connectivity index (χ1n) is 9.39. The van der Waals surface area contributed by atoms with Gasteiger partial charge in [-0.25, -0.2) is 0 Å². The summed E-state index contributed by atoms with van der Waals surface area (Å²) in [5.41, 5.74) is 3.30. The molecule has 1 saturated heterocycles. The van der Waals surface area contributed by atoms with Gasteiger partial charge in [0.2, 0.25) is 17.6 Å². The zero-order chi connectivity index (χ0) is 18.8. The Morgan fingerprint density at radius 2 is 1.85 bits per heavy atom. The van der Waals surface area contributed by atoms with Crippen LogP contribution < -0.4 is 0 Å². The monoisotopic (exact) mass is 361 g/mol. The van der Waals surface area contributed by atoms with Gasteiger partial charge in [0.25, 0.3) is 0 Å². The van der Waals surface area contributed by atoms with E-state index in [9.17, 15) is 4.79 Å². The van der Waals surface area contributed by atoms with Crippen molar-refractivity contribution in [3.8, 4) is 11.4 Å². The quantitative estimate of drug-likeness (QED) is 0.659. The van der Waals surface area contributed by atoms with E-state index in [1.165, 1.54) is 5.56 Å². The highest BCUT2D eigenvalue weighted by Crippen LogP contribution is 2.34. The molecule has 2 aromatic carbocycles. The first-order chi connectivity index (χ1) is 13.1. The van der Waals surface area contributed by atoms with Crippen molar-refractivity contribution in [2.24, 2.45) is 0 Å². The van der Waals surface area contributed by atoms with Gasteiger partial charge in [-0.2, -0.15) is 4.98 Å². The number of rotatable bonds is 5. The first-order valence-corrected chi connectivity index (χ1v) is 9.39. The highest BCUT2D eigenvalue weighted by Gasteiger charge is 2.35. The lowest BCUT2D eigenvalue weighted by molar-refractivity contribution is -0.129. The zero-order valence-electron chi connectivity index (χ0n) is 15.6. The fraction of sp³-hybridized carbons (Fsp3) is 0.318. The Morgan fingerprint density at radius 3 is 2.56 bits per heavy atom. The third-order valence-electron chi connectivity index (χ3n) is 5.09. The second kappa shape index (κ2) is 7.35. The Hall–Kier alpha value is -2.95. The summed E-state index contributed by atoms with van der Waals surface area (Å²) < 4.78 is 5.54. The number of carbonyl (C=O) groups excluding carboxylic acids is 1. The van der Waals surface area contributed by atoms with Gasteiger partial charge in [-0.1, -0.05) is 73.6 Å². The van der Waals surface area contributed by atoms with Gasteiger partial charge >= 0.3 is 0 Å². The van der Waals surface area contributed by atoms with E-state index >= 15 is 0 Å². The molecule has 1 aliphatic heterocycles. The first kappa shape index (κ1) is 17.5. The summed E-state index contributed by atoms with van der Waals surface area (Å²) in [6.45, 7) is 4.89. The third kappa shape index (κ3) is 3.63. The summed E-state index contributed by atoms with van der Waals surface area (Å²) in [4.78, 5) is 18.8. The molecule has 2 heterocycles. The van der Waals surface area contributed by atoms with Crippen molar-refractivity contribution in [2.75, 3.05) is 0 Å². The normalized spacial score (nSPS) is 17.1. The van der Waals surface area contributed by atoms with Gasteiger partial charge in [-0.15, -0.1) is 0 Å². The van der Waals surface area contributed by atoms with Gasteiger partial charge in [-0.05, 0) is 23.5 Å². The Kier molecular flexibility index (Phi) is 4.75. The Bertz CT molecular complexity index is 916. The van der Waals surface area contributed by atoms with Crippen LogP contribution in [0.25, 0.3) is 11.4 Å². The van der Waals surface area contributed by atoms with Gasteiger partial charge in [0.15, 0.2) is 0 Å². The van der Waals surface area contributed by atoms with Crippen molar-refractivity contribution in [1.82, 2.24) is 15.0 Å². The zero-order valence-corrected chi connectivity index (χ0v) is 15.6. The van der Waals surface area contributed by atoms with Crippen molar-refractivity contribution in [3.05, 3.63) is 71.6 Å². The van der Waals surface area contributed by atoms with E-state index in [0.29, 0.717) is 37.0 Å². The highest BCUT2D eigenvalue weighted by molar-refractivity contribution is 5.78. The lowest BCUT2D eigenvalue weighted by atomic mass is 10.0. The molecule has 1 fully saturated rings. The number of carbonyl (C=O) groups is 1. The Labute approximate surface area is 159 Å². The minimum Gasteiger partial charge on any atom is -0.337 e. The number of likely N-dealkylation sites (tertiary alicyclic amines) is 1. The van der Waals surface area contributed by atoms with E-state index in [1.54, 1.807) is 0 Å². The molecule has 1 aliphatic rings. The standard InChI is InChI=1S/C22H23N3O2/c1-15(2)17-8-10-18(11-9-17)21-23-22(27-24-21)19-12-13-20(26)25(19)14-16-6-4-3-5-7-16/h3-11,15,19H,12-14H2,1-2H3. The average molecular weight is 361 g/mol. The minimum atomic E-state index is -0.158. The molecule has 138 valence electrons. The van der Waals surface area contributed by atoms with E-state index < -0.39 is 0 Å². The van der Waals surface area contributed by atoms with Crippen molar-refractivity contribution in [2.45, 2.75) is 45.2 Å². The smallest absolute Gasteiger partial charge is 0.249 e. The van der Waals surface area contributed by atoms with Crippen LogP contribution in [0.15, 0.2) is 59.1 Å². The topological polar surface area (TPSA) is 59.2 Å². The molecule has 5 nitrogen and oxygen atoms in total. The molecule has 5 heteroatoms. The van der Waals surface area contributed by atoms with E-state index in [1.807, 2.05) is 47.4 Å². The molecule has 1 atom stereocenters. The fourth-order valence-electron chi connectivity index (χ4n) is 3.47. The van der Waals surface area contributed by atoms with Crippen molar-refractivity contribution in [1.29, 1.82) is 0 Å². The molecule has 0 radical (unpaired) electrons. The van der Waals surface area contributed by atoms with E-state index in [0.717, 1.165) is 11.1 Å². The molecule has 1 unspecified atom stereocenters. The lowest BCUT2D eigenvalue weighted by Crippen LogP contribution is -2.27. The number of nitrogens with zero attached hydrogens (tertiary/aromatic N) is 3. The molecule has 3 aromatic rings. The number of aromatic nitrogens is 2. The van der Waals surface area contributed by atoms with Crippen LogP contribution in [0.4, 0.5) is 0 Å². The third-order valence-corrected chi connectivity index (χ3v) is 5.09.